The number of aryl methyl sites for hydroxylation is 2. The largest absolute Gasteiger partial charge is 0.449 e. The van der Waals surface area contributed by atoms with Gasteiger partial charge in [-0.1, -0.05) is 11.6 Å². The lowest BCUT2D eigenvalue weighted by Crippen LogP contribution is -2.30. The normalized spacial score (nSPS) is 11.9. The number of anilines is 1. The fraction of sp³-hybridized carbons (Fsp3) is 0.312. The van der Waals surface area contributed by atoms with E-state index >= 15 is 0 Å². The molecule has 0 radical (unpaired) electrons. The van der Waals surface area contributed by atoms with Crippen molar-refractivity contribution in [3.8, 4) is 0 Å². The minimum atomic E-state index is -0.933. The first-order valence-electron chi connectivity index (χ1n) is 7.07. The molecule has 0 bridgehead atoms. The first kappa shape index (κ1) is 17.0. The van der Waals surface area contributed by atoms with Crippen LogP contribution in [0.1, 0.15) is 28.7 Å². The van der Waals surface area contributed by atoms with Gasteiger partial charge in [0.2, 0.25) is 0 Å². The van der Waals surface area contributed by atoms with E-state index in [0.717, 1.165) is 5.69 Å². The Morgan fingerprint density at radius 1 is 1.26 bits per heavy atom. The van der Waals surface area contributed by atoms with Gasteiger partial charge in [-0.2, -0.15) is 5.10 Å². The van der Waals surface area contributed by atoms with E-state index in [1.165, 1.54) is 6.92 Å². The van der Waals surface area contributed by atoms with Gasteiger partial charge in [0.25, 0.3) is 5.91 Å². The Morgan fingerprint density at radius 3 is 2.39 bits per heavy atom. The molecule has 0 aliphatic heterocycles. The molecule has 2 aromatic rings. The lowest BCUT2D eigenvalue weighted by atomic mass is 10.2. The van der Waals surface area contributed by atoms with Crippen LogP contribution in [0.25, 0.3) is 0 Å². The monoisotopic (exact) mass is 335 g/mol. The van der Waals surface area contributed by atoms with E-state index in [2.05, 4.69) is 10.4 Å². The van der Waals surface area contributed by atoms with E-state index in [4.69, 9.17) is 16.3 Å². The Bertz CT molecular complexity index is 738. The van der Waals surface area contributed by atoms with Gasteiger partial charge in [0.15, 0.2) is 6.10 Å². The first-order valence-corrected chi connectivity index (χ1v) is 7.45. The third-order valence-corrected chi connectivity index (χ3v) is 3.74. The molecule has 0 saturated carbocycles. The lowest BCUT2D eigenvalue weighted by Gasteiger charge is -2.13. The van der Waals surface area contributed by atoms with Gasteiger partial charge >= 0.3 is 5.97 Å². The Balaban J connectivity index is 2.02. The highest BCUT2D eigenvalue weighted by Gasteiger charge is 2.21. The zero-order chi connectivity index (χ0) is 17.1. The maximum absolute atomic E-state index is 12.2. The number of hydrogen-bond acceptors (Lipinski definition) is 4. The molecule has 1 aromatic heterocycles. The average molecular weight is 336 g/mol. The molecule has 0 unspecified atom stereocenters. The van der Waals surface area contributed by atoms with Crippen LogP contribution in [0, 0.1) is 13.8 Å². The summed E-state index contributed by atoms with van der Waals surface area (Å²) in [5, 5.41) is 7.49. The topological polar surface area (TPSA) is 73.2 Å². The summed E-state index contributed by atoms with van der Waals surface area (Å²) < 4.78 is 6.85. The van der Waals surface area contributed by atoms with E-state index in [1.54, 1.807) is 42.9 Å². The standard InChI is InChI=1S/C16H18ClN3O3/c1-9-14(10(2)20(4)19-9)18-15(21)11(3)23-16(22)12-5-7-13(17)8-6-12/h5-8,11H,1-4H3,(H,18,21)/t11-/m0/s1. The van der Waals surface area contributed by atoms with Crippen molar-refractivity contribution in [3.05, 3.63) is 46.2 Å². The molecule has 0 fully saturated rings. The fourth-order valence-corrected chi connectivity index (χ4v) is 2.17. The molecule has 0 aliphatic rings. The van der Waals surface area contributed by atoms with Crippen molar-refractivity contribution in [1.29, 1.82) is 0 Å². The molecule has 7 heteroatoms. The van der Waals surface area contributed by atoms with E-state index in [0.29, 0.717) is 22.0 Å². The second-order valence-corrected chi connectivity index (χ2v) is 5.65. The van der Waals surface area contributed by atoms with Crippen molar-refractivity contribution < 1.29 is 14.3 Å². The highest BCUT2D eigenvalue weighted by Crippen LogP contribution is 2.19. The van der Waals surface area contributed by atoms with Crippen LogP contribution in [0.2, 0.25) is 5.02 Å². The molecule has 6 nitrogen and oxygen atoms in total. The predicted octanol–water partition coefficient (Wildman–Crippen LogP) is 2.87. The number of carbonyl (C=O) groups excluding carboxylic acids is 2. The second-order valence-electron chi connectivity index (χ2n) is 5.21. The van der Waals surface area contributed by atoms with Gasteiger partial charge in [0, 0.05) is 12.1 Å². The first-order chi connectivity index (χ1) is 10.8. The maximum atomic E-state index is 12.2. The number of nitrogens with zero attached hydrogens (tertiary/aromatic N) is 2. The van der Waals surface area contributed by atoms with Crippen molar-refractivity contribution in [2.75, 3.05) is 5.32 Å². The fourth-order valence-electron chi connectivity index (χ4n) is 2.05. The van der Waals surface area contributed by atoms with Crippen LogP contribution in [0.3, 0.4) is 0 Å². The summed E-state index contributed by atoms with van der Waals surface area (Å²) in [5.74, 6) is -0.990. The summed E-state index contributed by atoms with van der Waals surface area (Å²) in [7, 11) is 1.79. The number of hydrogen-bond donors (Lipinski definition) is 1. The number of ether oxygens (including phenoxy) is 1. The Labute approximate surface area is 139 Å². The van der Waals surface area contributed by atoms with E-state index in [1.807, 2.05) is 6.92 Å². The molecule has 0 saturated heterocycles. The van der Waals surface area contributed by atoms with Crippen molar-refractivity contribution >= 4 is 29.2 Å². The average Bonchev–Trinajstić information content (AvgIpc) is 2.74. The smallest absolute Gasteiger partial charge is 0.338 e. The third kappa shape index (κ3) is 3.90. The molecule has 122 valence electrons. The summed E-state index contributed by atoms with van der Waals surface area (Å²) in [6.45, 7) is 5.16. The molecule has 23 heavy (non-hydrogen) atoms. The predicted molar refractivity (Wildman–Crippen MR) is 87.6 cm³/mol. The second kappa shape index (κ2) is 6.83. The minimum Gasteiger partial charge on any atom is -0.449 e. The molecular weight excluding hydrogens is 318 g/mol. The van der Waals surface area contributed by atoms with Crippen LogP contribution in [-0.4, -0.2) is 27.8 Å². The number of nitrogens with one attached hydrogen (secondary N) is 1. The molecule has 1 heterocycles. The summed E-state index contributed by atoms with van der Waals surface area (Å²) in [5.41, 5.74) is 2.50. The van der Waals surface area contributed by atoms with Crippen LogP contribution >= 0.6 is 11.6 Å². The Hall–Kier alpha value is -2.34. The summed E-state index contributed by atoms with van der Waals surface area (Å²) in [4.78, 5) is 24.2. The van der Waals surface area contributed by atoms with Crippen LogP contribution in [0.15, 0.2) is 24.3 Å². The molecule has 0 spiro atoms. The number of rotatable bonds is 4. The molecule has 1 aromatic carbocycles. The van der Waals surface area contributed by atoms with Crippen molar-refractivity contribution in [2.45, 2.75) is 26.9 Å². The van der Waals surface area contributed by atoms with Crippen molar-refractivity contribution in [2.24, 2.45) is 7.05 Å². The molecule has 1 N–H and O–H groups in total. The van der Waals surface area contributed by atoms with Crippen LogP contribution in [0.4, 0.5) is 5.69 Å². The van der Waals surface area contributed by atoms with Gasteiger partial charge < -0.3 is 10.1 Å². The maximum Gasteiger partial charge on any atom is 0.338 e. The van der Waals surface area contributed by atoms with Crippen molar-refractivity contribution in [1.82, 2.24) is 9.78 Å². The highest BCUT2D eigenvalue weighted by molar-refractivity contribution is 6.30. The molecular formula is C16H18ClN3O3. The number of esters is 1. The molecule has 1 atom stereocenters. The highest BCUT2D eigenvalue weighted by atomic mass is 35.5. The summed E-state index contributed by atoms with van der Waals surface area (Å²) in [6.07, 6.45) is -0.933. The zero-order valence-electron chi connectivity index (χ0n) is 13.4. The summed E-state index contributed by atoms with van der Waals surface area (Å²) in [6, 6.07) is 6.27. The van der Waals surface area contributed by atoms with Gasteiger partial charge in [-0.05, 0) is 45.0 Å². The lowest BCUT2D eigenvalue weighted by molar-refractivity contribution is -0.123. The molecule has 2 rings (SSSR count). The Morgan fingerprint density at radius 2 is 1.87 bits per heavy atom. The number of halogens is 1. The van der Waals surface area contributed by atoms with Gasteiger partial charge in [-0.15, -0.1) is 0 Å². The number of aromatic nitrogens is 2. The third-order valence-electron chi connectivity index (χ3n) is 3.49. The van der Waals surface area contributed by atoms with Crippen LogP contribution in [0.5, 0.6) is 0 Å². The quantitative estimate of drug-likeness (QED) is 0.872. The van der Waals surface area contributed by atoms with Gasteiger partial charge in [-0.25, -0.2) is 4.79 Å². The SMILES string of the molecule is Cc1nn(C)c(C)c1NC(=O)[C@H](C)OC(=O)c1ccc(Cl)cc1. The number of benzene rings is 1. The van der Waals surface area contributed by atoms with Gasteiger partial charge in [-0.3, -0.25) is 9.48 Å². The molecule has 1 amide bonds. The van der Waals surface area contributed by atoms with E-state index < -0.39 is 18.0 Å². The van der Waals surface area contributed by atoms with E-state index in [-0.39, 0.29) is 0 Å². The minimum absolute atomic E-state index is 0.336. The van der Waals surface area contributed by atoms with E-state index in [9.17, 15) is 9.59 Å². The molecule has 0 aliphatic carbocycles. The van der Waals surface area contributed by atoms with Gasteiger partial charge in [0.1, 0.15) is 0 Å². The van der Waals surface area contributed by atoms with Crippen LogP contribution < -0.4 is 5.32 Å². The Kier molecular flexibility index (Phi) is 5.05. The summed E-state index contributed by atoms with van der Waals surface area (Å²) >= 11 is 5.77. The van der Waals surface area contributed by atoms with Crippen molar-refractivity contribution in [3.63, 3.8) is 0 Å². The number of carbonyl (C=O) groups is 2. The zero-order valence-corrected chi connectivity index (χ0v) is 14.1. The van der Waals surface area contributed by atoms with Crippen LogP contribution in [-0.2, 0) is 16.6 Å². The van der Waals surface area contributed by atoms with Gasteiger partial charge in [0.05, 0.1) is 22.6 Å². The number of amides is 1.